The molecule has 1 heterocycles. The van der Waals surface area contributed by atoms with Gasteiger partial charge in [0.25, 0.3) is 0 Å². The molecule has 4 nitrogen and oxygen atoms in total. The second-order valence-corrected chi connectivity index (χ2v) is 4.71. The van der Waals surface area contributed by atoms with Gasteiger partial charge in [0.1, 0.15) is 5.82 Å². The minimum absolute atomic E-state index is 0.0223. The van der Waals surface area contributed by atoms with Crippen molar-refractivity contribution in [2.75, 3.05) is 19.3 Å². The lowest BCUT2D eigenvalue weighted by molar-refractivity contribution is 0.242. The van der Waals surface area contributed by atoms with E-state index in [0.717, 1.165) is 13.1 Å². The summed E-state index contributed by atoms with van der Waals surface area (Å²) in [4.78, 5) is 2.09. The number of rotatable bonds is 5. The Balaban J connectivity index is 1.96. The second kappa shape index (κ2) is 5.84. The van der Waals surface area contributed by atoms with Gasteiger partial charge in [-0.25, -0.2) is 4.39 Å². The predicted molar refractivity (Wildman–Crippen MR) is 74.1 cm³/mol. The number of nitrogen functional groups attached to an aromatic ring is 1. The van der Waals surface area contributed by atoms with Crippen LogP contribution in [0.5, 0.6) is 0 Å². The average Bonchev–Trinajstić information content (AvgIpc) is 2.81. The van der Waals surface area contributed by atoms with Crippen LogP contribution in [-0.4, -0.2) is 28.3 Å². The molecule has 2 aromatic rings. The van der Waals surface area contributed by atoms with Crippen LogP contribution in [0.25, 0.3) is 0 Å². The van der Waals surface area contributed by atoms with Gasteiger partial charge in [-0.15, -0.1) is 0 Å². The molecule has 0 amide bonds. The van der Waals surface area contributed by atoms with Crippen LogP contribution in [0.15, 0.2) is 36.7 Å². The fraction of sp³-hybridized carbons (Fsp3) is 0.357. The van der Waals surface area contributed by atoms with Crippen molar-refractivity contribution in [2.24, 2.45) is 0 Å². The Kier molecular flexibility index (Phi) is 4.16. The SMILES string of the molecule is CC(c1ccccc1F)N(C)CCn1cc(N)cn1. The van der Waals surface area contributed by atoms with Gasteiger partial charge in [-0.1, -0.05) is 18.2 Å². The molecule has 2 N–H and O–H groups in total. The van der Waals surface area contributed by atoms with Crippen molar-refractivity contribution in [3.8, 4) is 0 Å². The van der Waals surface area contributed by atoms with Gasteiger partial charge in [-0.2, -0.15) is 5.10 Å². The molecule has 5 heteroatoms. The molecule has 19 heavy (non-hydrogen) atoms. The standard InChI is InChI=1S/C14H19FN4/c1-11(13-5-3-4-6-14(13)15)18(2)7-8-19-10-12(16)9-17-19/h3-6,9-11H,7-8,16H2,1-2H3. The molecule has 0 bridgehead atoms. The lowest BCUT2D eigenvalue weighted by atomic mass is 10.1. The molecule has 0 spiro atoms. The number of anilines is 1. The van der Waals surface area contributed by atoms with Crippen LogP contribution < -0.4 is 5.73 Å². The Morgan fingerprint density at radius 1 is 1.42 bits per heavy atom. The highest BCUT2D eigenvalue weighted by molar-refractivity contribution is 5.30. The Bertz CT molecular complexity index is 538. The lowest BCUT2D eigenvalue weighted by Crippen LogP contribution is -2.27. The quantitative estimate of drug-likeness (QED) is 0.899. The molecule has 0 aliphatic heterocycles. The number of hydrogen-bond donors (Lipinski definition) is 1. The summed E-state index contributed by atoms with van der Waals surface area (Å²) in [7, 11) is 1.98. The van der Waals surface area contributed by atoms with Crippen molar-refractivity contribution in [1.82, 2.24) is 14.7 Å². The molecule has 0 aliphatic carbocycles. The summed E-state index contributed by atoms with van der Waals surface area (Å²) < 4.78 is 15.5. The number of nitrogens with two attached hydrogens (primary N) is 1. The maximum Gasteiger partial charge on any atom is 0.127 e. The van der Waals surface area contributed by atoms with E-state index in [1.165, 1.54) is 6.07 Å². The first kappa shape index (κ1) is 13.5. The molecule has 1 aromatic carbocycles. The smallest absolute Gasteiger partial charge is 0.127 e. The Morgan fingerprint density at radius 2 is 2.16 bits per heavy atom. The monoisotopic (exact) mass is 262 g/mol. The molecule has 0 fully saturated rings. The van der Waals surface area contributed by atoms with Crippen LogP contribution in [-0.2, 0) is 6.54 Å². The zero-order valence-electron chi connectivity index (χ0n) is 11.3. The highest BCUT2D eigenvalue weighted by Crippen LogP contribution is 2.21. The van der Waals surface area contributed by atoms with E-state index >= 15 is 0 Å². The van der Waals surface area contributed by atoms with Crippen LogP contribution in [0.4, 0.5) is 10.1 Å². The molecule has 0 saturated heterocycles. The van der Waals surface area contributed by atoms with Crippen LogP contribution in [0.2, 0.25) is 0 Å². The number of hydrogen-bond acceptors (Lipinski definition) is 3. The topological polar surface area (TPSA) is 47.1 Å². The Labute approximate surface area is 112 Å². The zero-order valence-corrected chi connectivity index (χ0v) is 11.3. The Hall–Kier alpha value is -1.88. The summed E-state index contributed by atoms with van der Waals surface area (Å²) in [5.41, 5.74) is 6.98. The third-order valence-electron chi connectivity index (χ3n) is 3.35. The van der Waals surface area contributed by atoms with Crippen LogP contribution in [0, 0.1) is 5.82 Å². The largest absolute Gasteiger partial charge is 0.396 e. The maximum absolute atomic E-state index is 13.7. The summed E-state index contributed by atoms with van der Waals surface area (Å²) in [6.45, 7) is 3.50. The summed E-state index contributed by atoms with van der Waals surface area (Å²) in [5, 5.41) is 4.13. The second-order valence-electron chi connectivity index (χ2n) is 4.71. The summed E-state index contributed by atoms with van der Waals surface area (Å²) in [5.74, 6) is -0.162. The molecule has 1 atom stereocenters. The highest BCUT2D eigenvalue weighted by atomic mass is 19.1. The first-order valence-electron chi connectivity index (χ1n) is 6.30. The molecule has 2 rings (SSSR count). The first-order chi connectivity index (χ1) is 9.08. The predicted octanol–water partition coefficient (Wildman–Crippen LogP) is 2.30. The molecule has 1 aromatic heterocycles. The first-order valence-corrected chi connectivity index (χ1v) is 6.30. The summed E-state index contributed by atoms with van der Waals surface area (Å²) in [6.07, 6.45) is 3.42. The summed E-state index contributed by atoms with van der Waals surface area (Å²) >= 11 is 0. The molecule has 0 radical (unpaired) electrons. The average molecular weight is 262 g/mol. The maximum atomic E-state index is 13.7. The van der Waals surface area contributed by atoms with E-state index in [0.29, 0.717) is 11.3 Å². The van der Waals surface area contributed by atoms with E-state index in [1.54, 1.807) is 23.1 Å². The molecular formula is C14H19FN4. The van der Waals surface area contributed by atoms with Crippen molar-refractivity contribution >= 4 is 5.69 Å². The van der Waals surface area contributed by atoms with Gasteiger partial charge >= 0.3 is 0 Å². The number of halogens is 1. The molecule has 102 valence electrons. The van der Waals surface area contributed by atoms with E-state index in [-0.39, 0.29) is 11.9 Å². The minimum atomic E-state index is -0.162. The van der Waals surface area contributed by atoms with Gasteiger partial charge in [0.05, 0.1) is 18.4 Å². The van der Waals surface area contributed by atoms with E-state index in [1.807, 2.05) is 26.1 Å². The van der Waals surface area contributed by atoms with Crippen molar-refractivity contribution in [3.63, 3.8) is 0 Å². The number of likely N-dealkylation sites (N-methyl/N-ethyl adjacent to an activating group) is 1. The van der Waals surface area contributed by atoms with Gasteiger partial charge < -0.3 is 5.73 Å². The van der Waals surface area contributed by atoms with Crippen molar-refractivity contribution in [3.05, 3.63) is 48.0 Å². The third-order valence-corrected chi connectivity index (χ3v) is 3.35. The van der Waals surface area contributed by atoms with E-state index < -0.39 is 0 Å². The van der Waals surface area contributed by atoms with Gasteiger partial charge in [-0.3, -0.25) is 9.58 Å². The summed E-state index contributed by atoms with van der Waals surface area (Å²) in [6, 6.07) is 6.90. The lowest BCUT2D eigenvalue weighted by Gasteiger charge is -2.25. The van der Waals surface area contributed by atoms with Gasteiger partial charge in [-0.05, 0) is 20.0 Å². The van der Waals surface area contributed by atoms with Crippen LogP contribution in [0.3, 0.4) is 0 Å². The van der Waals surface area contributed by atoms with E-state index in [9.17, 15) is 4.39 Å². The molecule has 1 unspecified atom stereocenters. The molecule has 0 aliphatic rings. The van der Waals surface area contributed by atoms with Gasteiger partial charge in [0, 0.05) is 24.3 Å². The highest BCUT2D eigenvalue weighted by Gasteiger charge is 2.14. The van der Waals surface area contributed by atoms with E-state index in [4.69, 9.17) is 5.73 Å². The molecular weight excluding hydrogens is 243 g/mol. The van der Waals surface area contributed by atoms with Crippen molar-refractivity contribution in [1.29, 1.82) is 0 Å². The fourth-order valence-corrected chi connectivity index (χ4v) is 2.01. The van der Waals surface area contributed by atoms with Crippen LogP contribution in [0.1, 0.15) is 18.5 Å². The van der Waals surface area contributed by atoms with E-state index in [2.05, 4.69) is 10.00 Å². The fourth-order valence-electron chi connectivity index (χ4n) is 2.01. The number of aromatic nitrogens is 2. The number of benzene rings is 1. The van der Waals surface area contributed by atoms with Crippen molar-refractivity contribution in [2.45, 2.75) is 19.5 Å². The normalized spacial score (nSPS) is 12.8. The van der Waals surface area contributed by atoms with Gasteiger partial charge in [0.2, 0.25) is 0 Å². The molecule has 0 saturated carbocycles. The number of nitrogens with zero attached hydrogens (tertiary/aromatic N) is 3. The van der Waals surface area contributed by atoms with Gasteiger partial charge in [0.15, 0.2) is 0 Å². The van der Waals surface area contributed by atoms with Crippen LogP contribution >= 0.6 is 0 Å². The Morgan fingerprint density at radius 3 is 2.79 bits per heavy atom. The minimum Gasteiger partial charge on any atom is -0.396 e. The zero-order chi connectivity index (χ0) is 13.8. The van der Waals surface area contributed by atoms with Crippen molar-refractivity contribution < 1.29 is 4.39 Å². The third kappa shape index (κ3) is 3.32.